The average Bonchev–Trinajstić information content (AvgIpc) is 2.15. The van der Waals surface area contributed by atoms with Gasteiger partial charge in [0.1, 0.15) is 6.04 Å². The lowest BCUT2D eigenvalue weighted by Crippen LogP contribution is -2.50. The number of aliphatic carboxylic acids is 1. The summed E-state index contributed by atoms with van der Waals surface area (Å²) < 4.78 is 0. The summed E-state index contributed by atoms with van der Waals surface area (Å²) in [6.45, 7) is 3.22. The zero-order valence-electron chi connectivity index (χ0n) is 9.32. The van der Waals surface area contributed by atoms with Crippen molar-refractivity contribution in [3.05, 3.63) is 0 Å². The van der Waals surface area contributed by atoms with Gasteiger partial charge in [0.2, 0.25) is 11.8 Å². The first-order chi connectivity index (χ1) is 7.20. The fourth-order valence-electron chi connectivity index (χ4n) is 0.848. The van der Waals surface area contributed by atoms with Crippen LogP contribution in [0.1, 0.15) is 20.3 Å². The minimum atomic E-state index is -1.31. The second kappa shape index (κ2) is 5.45. The monoisotopic (exact) mass is 231 g/mol. The molecule has 0 aromatic rings. The Balaban J connectivity index is 4.58. The van der Waals surface area contributed by atoms with Crippen LogP contribution in [0.3, 0.4) is 0 Å². The Morgan fingerprint density at radius 3 is 2.19 bits per heavy atom. The van der Waals surface area contributed by atoms with Crippen molar-refractivity contribution in [1.82, 2.24) is 5.32 Å². The number of carbonyl (C=O) groups is 3. The minimum absolute atomic E-state index is 0.0712. The molecule has 0 fully saturated rings. The van der Waals surface area contributed by atoms with Crippen LogP contribution in [0.2, 0.25) is 0 Å². The van der Waals surface area contributed by atoms with E-state index in [0.717, 1.165) is 0 Å². The van der Waals surface area contributed by atoms with Gasteiger partial charge in [-0.15, -0.1) is 0 Å². The van der Waals surface area contributed by atoms with Gasteiger partial charge in [0.05, 0.1) is 11.8 Å². The van der Waals surface area contributed by atoms with E-state index in [9.17, 15) is 14.4 Å². The molecular weight excluding hydrogens is 214 g/mol. The largest absolute Gasteiger partial charge is 0.480 e. The van der Waals surface area contributed by atoms with Gasteiger partial charge in [-0.1, -0.05) is 0 Å². The molecule has 0 bridgehead atoms. The number of primary amides is 1. The summed E-state index contributed by atoms with van der Waals surface area (Å²) in [5.41, 5.74) is 9.35. The van der Waals surface area contributed by atoms with E-state index < -0.39 is 35.7 Å². The summed E-state index contributed by atoms with van der Waals surface area (Å²) in [6.07, 6.45) is -0.443. The fourth-order valence-corrected chi connectivity index (χ4v) is 0.848. The number of hydrogen-bond acceptors (Lipinski definition) is 4. The summed E-state index contributed by atoms with van der Waals surface area (Å²) in [5.74, 6) is -2.62. The first-order valence-electron chi connectivity index (χ1n) is 4.73. The van der Waals surface area contributed by atoms with Crippen LogP contribution in [-0.2, 0) is 14.4 Å². The minimum Gasteiger partial charge on any atom is -0.480 e. The lowest BCUT2D eigenvalue weighted by Gasteiger charge is -2.23. The van der Waals surface area contributed by atoms with Gasteiger partial charge >= 0.3 is 5.97 Å². The molecule has 0 aromatic carbocycles. The molecule has 0 aromatic heterocycles. The Hall–Kier alpha value is -1.63. The molecule has 7 heteroatoms. The van der Waals surface area contributed by atoms with E-state index in [0.29, 0.717) is 0 Å². The molecule has 1 atom stereocenters. The predicted molar refractivity (Wildman–Crippen MR) is 56.2 cm³/mol. The summed E-state index contributed by atoms with van der Waals surface area (Å²) in [6, 6.07) is -1.31. The van der Waals surface area contributed by atoms with Crippen LogP contribution in [0, 0.1) is 5.41 Å². The van der Waals surface area contributed by atoms with Crippen LogP contribution in [0.25, 0.3) is 0 Å². The van der Waals surface area contributed by atoms with E-state index in [1.165, 1.54) is 0 Å². The van der Waals surface area contributed by atoms with Crippen LogP contribution in [0.15, 0.2) is 0 Å². The first-order valence-corrected chi connectivity index (χ1v) is 4.73. The highest BCUT2D eigenvalue weighted by molar-refractivity contribution is 5.90. The molecule has 0 unspecified atom stereocenters. The van der Waals surface area contributed by atoms with Gasteiger partial charge in [0.15, 0.2) is 0 Å². The lowest BCUT2D eigenvalue weighted by atomic mass is 9.92. The van der Waals surface area contributed by atoms with Gasteiger partial charge < -0.3 is 21.9 Å². The Kier molecular flexibility index (Phi) is 4.90. The summed E-state index contributed by atoms with van der Waals surface area (Å²) in [7, 11) is 0. The maximum Gasteiger partial charge on any atom is 0.326 e. The van der Waals surface area contributed by atoms with Gasteiger partial charge in [0.25, 0.3) is 0 Å². The molecule has 16 heavy (non-hydrogen) atoms. The number of carboxylic acids is 1. The Morgan fingerprint density at radius 2 is 1.88 bits per heavy atom. The smallest absolute Gasteiger partial charge is 0.326 e. The molecule has 0 rings (SSSR count). The molecule has 0 spiro atoms. The molecule has 0 saturated heterocycles. The van der Waals surface area contributed by atoms with Crippen LogP contribution in [-0.4, -0.2) is 35.5 Å². The SMILES string of the molecule is CC(C)(CN)C(=O)N[C@H](CC(N)=O)C(=O)O. The highest BCUT2D eigenvalue weighted by Crippen LogP contribution is 2.13. The highest BCUT2D eigenvalue weighted by Gasteiger charge is 2.30. The fraction of sp³-hybridized carbons (Fsp3) is 0.667. The van der Waals surface area contributed by atoms with E-state index in [2.05, 4.69) is 5.32 Å². The van der Waals surface area contributed by atoms with Crippen molar-refractivity contribution < 1.29 is 19.5 Å². The third kappa shape index (κ3) is 4.26. The van der Waals surface area contributed by atoms with Crippen LogP contribution >= 0.6 is 0 Å². The van der Waals surface area contributed by atoms with Crippen molar-refractivity contribution >= 4 is 17.8 Å². The second-order valence-electron chi connectivity index (χ2n) is 4.12. The number of nitrogens with two attached hydrogens (primary N) is 2. The van der Waals surface area contributed by atoms with Gasteiger partial charge in [-0.3, -0.25) is 9.59 Å². The van der Waals surface area contributed by atoms with E-state index in [4.69, 9.17) is 16.6 Å². The average molecular weight is 231 g/mol. The lowest BCUT2D eigenvalue weighted by molar-refractivity contribution is -0.144. The first kappa shape index (κ1) is 14.4. The molecule has 0 aliphatic carbocycles. The predicted octanol–water partition coefficient (Wildman–Crippen LogP) is -1.58. The van der Waals surface area contributed by atoms with Crippen molar-refractivity contribution in [2.24, 2.45) is 16.9 Å². The van der Waals surface area contributed by atoms with Gasteiger partial charge in [-0.05, 0) is 13.8 Å². The maximum atomic E-state index is 11.6. The Morgan fingerprint density at radius 1 is 1.38 bits per heavy atom. The normalized spacial score (nSPS) is 12.9. The second-order valence-corrected chi connectivity index (χ2v) is 4.12. The van der Waals surface area contributed by atoms with Crippen molar-refractivity contribution in [1.29, 1.82) is 0 Å². The van der Waals surface area contributed by atoms with Gasteiger partial charge in [-0.2, -0.15) is 0 Å². The Labute approximate surface area is 93.2 Å². The molecule has 7 nitrogen and oxygen atoms in total. The van der Waals surface area contributed by atoms with Gasteiger partial charge in [0, 0.05) is 6.54 Å². The Bertz CT molecular complexity index is 301. The molecule has 0 aliphatic rings. The number of carboxylic acid groups (broad SMARTS) is 1. The van der Waals surface area contributed by atoms with Crippen LogP contribution in [0.4, 0.5) is 0 Å². The third-order valence-corrected chi connectivity index (χ3v) is 2.13. The maximum absolute atomic E-state index is 11.6. The zero-order chi connectivity index (χ0) is 12.9. The van der Waals surface area contributed by atoms with Crippen molar-refractivity contribution in [3.63, 3.8) is 0 Å². The summed E-state index contributed by atoms with van der Waals surface area (Å²) in [4.78, 5) is 32.9. The quantitative estimate of drug-likeness (QED) is 0.437. The molecule has 92 valence electrons. The number of rotatable bonds is 6. The number of amides is 2. The van der Waals surface area contributed by atoms with Crippen LogP contribution in [0.5, 0.6) is 0 Å². The summed E-state index contributed by atoms with van der Waals surface area (Å²) in [5, 5.41) is 11.0. The van der Waals surface area contributed by atoms with E-state index >= 15 is 0 Å². The number of carbonyl (C=O) groups excluding carboxylic acids is 2. The number of hydrogen-bond donors (Lipinski definition) is 4. The van der Waals surface area contributed by atoms with Crippen molar-refractivity contribution in [3.8, 4) is 0 Å². The zero-order valence-corrected chi connectivity index (χ0v) is 9.32. The highest BCUT2D eigenvalue weighted by atomic mass is 16.4. The van der Waals surface area contributed by atoms with E-state index in [1.807, 2.05) is 0 Å². The molecule has 0 radical (unpaired) electrons. The molecule has 0 saturated carbocycles. The van der Waals surface area contributed by atoms with Crippen molar-refractivity contribution in [2.75, 3.05) is 6.54 Å². The van der Waals surface area contributed by atoms with Crippen molar-refractivity contribution in [2.45, 2.75) is 26.3 Å². The van der Waals surface area contributed by atoms with E-state index in [-0.39, 0.29) is 6.54 Å². The van der Waals surface area contributed by atoms with Gasteiger partial charge in [-0.25, -0.2) is 4.79 Å². The molecular formula is C9H17N3O4. The molecule has 0 heterocycles. The molecule has 2 amide bonds. The topological polar surface area (TPSA) is 136 Å². The van der Waals surface area contributed by atoms with Crippen LogP contribution < -0.4 is 16.8 Å². The standard InChI is InChI=1S/C9H17N3O4/c1-9(2,4-10)8(16)12-5(7(14)15)3-6(11)13/h5H,3-4,10H2,1-2H3,(H2,11,13)(H,12,16)(H,14,15)/t5-/m1/s1. The van der Waals surface area contributed by atoms with E-state index in [1.54, 1.807) is 13.8 Å². The number of nitrogens with one attached hydrogen (secondary N) is 1. The molecule has 0 aliphatic heterocycles. The third-order valence-electron chi connectivity index (χ3n) is 2.13. The summed E-state index contributed by atoms with van der Waals surface area (Å²) >= 11 is 0. The molecule has 6 N–H and O–H groups in total.